The van der Waals surface area contributed by atoms with Crippen molar-refractivity contribution in [3.63, 3.8) is 0 Å². The van der Waals surface area contributed by atoms with E-state index in [4.69, 9.17) is 9.47 Å². The lowest BCUT2D eigenvalue weighted by molar-refractivity contribution is -0.133. The average Bonchev–Trinajstić information content (AvgIpc) is 3.98. The van der Waals surface area contributed by atoms with E-state index in [0.29, 0.717) is 23.7 Å². The highest BCUT2D eigenvalue weighted by atomic mass is 16.5. The van der Waals surface area contributed by atoms with Gasteiger partial charge in [-0.15, -0.1) is 0 Å². The summed E-state index contributed by atoms with van der Waals surface area (Å²) in [5.41, 5.74) is 20.9. The van der Waals surface area contributed by atoms with E-state index in [1.54, 1.807) is 30.5 Å². The van der Waals surface area contributed by atoms with Gasteiger partial charge in [-0.2, -0.15) is 0 Å². The standard InChI is InChI=1S/C46H38O4/c1-19(47)49-45-41-37-17-39(35-15-31-27-11-25(29(31)13-33(35)37)21-7-3-5-9-23(21)27)43(41)46(50-20(2)48)44-40-18-38(42(44)45)34-14-30-26-12-28(32(30)16-36(34)40)24-10-6-4-8-22(24)26/h3,5,7-9,13-16,24-28,37-40H,4,6,10-12,17-18H2,1-2H3/t24?,25?,26?,27-,28?,37?,38?,39?,40?/m1/s1. The zero-order chi connectivity index (χ0) is 32.9. The maximum absolute atomic E-state index is 13.0. The third-order valence-corrected chi connectivity index (χ3v) is 15.1. The van der Waals surface area contributed by atoms with E-state index >= 15 is 0 Å². The molecule has 1 saturated carbocycles. The van der Waals surface area contributed by atoms with E-state index in [1.807, 2.05) is 0 Å². The fourth-order valence-electron chi connectivity index (χ4n) is 13.7. The van der Waals surface area contributed by atoms with Crippen molar-refractivity contribution in [1.82, 2.24) is 0 Å². The largest absolute Gasteiger partial charge is 0.426 e. The molecule has 0 heterocycles. The summed E-state index contributed by atoms with van der Waals surface area (Å²) in [7, 11) is 0. The van der Waals surface area contributed by atoms with Crippen LogP contribution in [0.25, 0.3) is 0 Å². The molecule has 246 valence electrons. The van der Waals surface area contributed by atoms with E-state index in [9.17, 15) is 9.59 Å². The monoisotopic (exact) mass is 654 g/mol. The van der Waals surface area contributed by atoms with Gasteiger partial charge in [0, 0.05) is 77.5 Å². The van der Waals surface area contributed by atoms with E-state index < -0.39 is 0 Å². The molecular weight excluding hydrogens is 617 g/mol. The fraction of sp³-hybridized carbons (Fsp3) is 0.391. The lowest BCUT2D eigenvalue weighted by Gasteiger charge is -2.34. The number of allylic oxidation sites excluding steroid dienone is 2. The van der Waals surface area contributed by atoms with Crippen LogP contribution in [0, 0.1) is 5.92 Å². The minimum absolute atomic E-state index is 0.128. The third kappa shape index (κ3) is 3.02. The first-order valence-corrected chi connectivity index (χ1v) is 19.2. The molecule has 0 saturated heterocycles. The van der Waals surface area contributed by atoms with E-state index in [1.165, 1.54) is 70.2 Å². The lowest BCUT2D eigenvalue weighted by Crippen LogP contribution is -2.20. The molecule has 4 aromatic carbocycles. The van der Waals surface area contributed by atoms with Crippen LogP contribution < -0.4 is 9.47 Å². The second kappa shape index (κ2) is 8.88. The van der Waals surface area contributed by atoms with Gasteiger partial charge in [0.2, 0.25) is 0 Å². The molecule has 8 bridgehead atoms. The van der Waals surface area contributed by atoms with Crippen LogP contribution in [0.1, 0.15) is 184 Å². The molecule has 50 heavy (non-hydrogen) atoms. The highest BCUT2D eigenvalue weighted by Gasteiger charge is 2.56. The van der Waals surface area contributed by atoms with Crippen molar-refractivity contribution >= 4 is 11.9 Å². The van der Waals surface area contributed by atoms with E-state index in [-0.39, 0.29) is 35.6 Å². The van der Waals surface area contributed by atoms with Crippen LogP contribution in [-0.4, -0.2) is 11.9 Å². The molecule has 9 aliphatic carbocycles. The molecular formula is C46H38O4. The molecule has 4 heteroatoms. The predicted molar refractivity (Wildman–Crippen MR) is 189 cm³/mol. The highest BCUT2D eigenvalue weighted by Crippen LogP contribution is 2.72. The van der Waals surface area contributed by atoms with Crippen molar-refractivity contribution in [2.24, 2.45) is 5.92 Å². The fourth-order valence-corrected chi connectivity index (χ4v) is 13.7. The highest BCUT2D eigenvalue weighted by molar-refractivity contribution is 5.83. The lowest BCUT2D eigenvalue weighted by atomic mass is 9.72. The average molecular weight is 655 g/mol. The summed E-state index contributed by atoms with van der Waals surface area (Å²) in [6.07, 6.45) is 10.8. The van der Waals surface area contributed by atoms with Gasteiger partial charge in [-0.25, -0.2) is 0 Å². The van der Waals surface area contributed by atoms with Crippen molar-refractivity contribution in [2.45, 2.75) is 106 Å². The number of fused-ring (bicyclic) bond motifs is 32. The molecule has 0 radical (unpaired) electrons. The Morgan fingerprint density at radius 3 is 1.46 bits per heavy atom. The first kappa shape index (κ1) is 27.3. The molecule has 1 fully saturated rings. The van der Waals surface area contributed by atoms with E-state index in [2.05, 4.69) is 54.6 Å². The van der Waals surface area contributed by atoms with Gasteiger partial charge in [0.25, 0.3) is 0 Å². The number of benzene rings is 4. The third-order valence-electron chi connectivity index (χ3n) is 15.1. The van der Waals surface area contributed by atoms with Crippen molar-refractivity contribution in [3.05, 3.63) is 138 Å². The molecule has 0 N–H and O–H groups in total. The Hall–Kier alpha value is -4.44. The van der Waals surface area contributed by atoms with Crippen LogP contribution >= 0.6 is 0 Å². The smallest absolute Gasteiger partial charge is 0.308 e. The van der Waals surface area contributed by atoms with Gasteiger partial charge >= 0.3 is 11.9 Å². The molecule has 0 spiro atoms. The summed E-state index contributed by atoms with van der Waals surface area (Å²) in [5.74, 6) is 4.43. The molecule has 9 atom stereocenters. The van der Waals surface area contributed by atoms with Crippen molar-refractivity contribution < 1.29 is 19.1 Å². The number of rotatable bonds is 2. The van der Waals surface area contributed by atoms with Crippen LogP contribution in [0.3, 0.4) is 0 Å². The Morgan fingerprint density at radius 2 is 0.960 bits per heavy atom. The number of ether oxygens (including phenoxy) is 2. The Kier molecular flexibility index (Phi) is 4.85. The predicted octanol–water partition coefficient (Wildman–Crippen LogP) is 9.79. The van der Waals surface area contributed by atoms with Gasteiger partial charge in [0.05, 0.1) is 0 Å². The SMILES string of the molecule is CC(=O)Oc1c2c(c(OC(C)=O)c3c1C1CC3c3cc4c(cc31)C1C[C@@H]4c3ccccc31)C1CC2c2cc3c(cc21)C1CC3C2=CCCCC21. The quantitative estimate of drug-likeness (QED) is 0.123. The molecule has 0 aliphatic heterocycles. The molecule has 13 rings (SSSR count). The van der Waals surface area contributed by atoms with Crippen LogP contribution in [0.5, 0.6) is 11.5 Å². The molecule has 4 aromatic rings. The summed E-state index contributed by atoms with van der Waals surface area (Å²) in [5, 5.41) is 0. The van der Waals surface area contributed by atoms with Crippen molar-refractivity contribution in [3.8, 4) is 11.5 Å². The number of hydrogen-bond acceptors (Lipinski definition) is 4. The second-order valence-electron chi connectivity index (χ2n) is 17.0. The number of carbonyl (C=O) groups excluding carboxylic acids is 2. The maximum atomic E-state index is 13.0. The summed E-state index contributed by atoms with van der Waals surface area (Å²) >= 11 is 0. The van der Waals surface area contributed by atoms with Gasteiger partial charge in [-0.3, -0.25) is 9.59 Å². The maximum Gasteiger partial charge on any atom is 0.308 e. The van der Waals surface area contributed by atoms with Gasteiger partial charge in [0.15, 0.2) is 0 Å². The van der Waals surface area contributed by atoms with Gasteiger partial charge in [-0.1, -0.05) is 60.2 Å². The second-order valence-corrected chi connectivity index (χ2v) is 17.0. The van der Waals surface area contributed by atoms with E-state index in [0.717, 1.165) is 58.9 Å². The first-order chi connectivity index (χ1) is 24.4. The normalized spacial score (nSPS) is 32.1. The topological polar surface area (TPSA) is 52.6 Å². The zero-order valence-electron chi connectivity index (χ0n) is 28.5. The molecule has 8 unspecified atom stereocenters. The van der Waals surface area contributed by atoms with Gasteiger partial charge in [-0.05, 0) is 112 Å². The number of carbonyl (C=O) groups is 2. The Balaban J connectivity index is 1.01. The zero-order valence-corrected chi connectivity index (χ0v) is 28.5. The number of hydrogen-bond donors (Lipinski definition) is 0. The molecule has 0 aromatic heterocycles. The Labute approximate surface area is 291 Å². The van der Waals surface area contributed by atoms with Crippen LogP contribution in [0.15, 0.2) is 60.2 Å². The van der Waals surface area contributed by atoms with Crippen LogP contribution in [0.4, 0.5) is 0 Å². The van der Waals surface area contributed by atoms with Gasteiger partial charge in [0.1, 0.15) is 11.5 Å². The first-order valence-electron chi connectivity index (χ1n) is 19.2. The molecule has 9 aliphatic rings. The molecule has 4 nitrogen and oxygen atoms in total. The van der Waals surface area contributed by atoms with Crippen LogP contribution in [0.2, 0.25) is 0 Å². The minimum Gasteiger partial charge on any atom is -0.426 e. The Morgan fingerprint density at radius 1 is 0.520 bits per heavy atom. The molecule has 0 amide bonds. The summed E-state index contributed by atoms with van der Waals surface area (Å²) in [6.45, 7) is 3.08. The Bertz CT molecular complexity index is 2390. The summed E-state index contributed by atoms with van der Waals surface area (Å²) in [4.78, 5) is 26.0. The number of esters is 2. The van der Waals surface area contributed by atoms with Gasteiger partial charge < -0.3 is 9.47 Å². The summed E-state index contributed by atoms with van der Waals surface area (Å²) in [6, 6.07) is 19.2. The minimum atomic E-state index is -0.273. The van der Waals surface area contributed by atoms with Crippen molar-refractivity contribution in [1.29, 1.82) is 0 Å². The van der Waals surface area contributed by atoms with Crippen LogP contribution in [-0.2, 0) is 9.59 Å². The summed E-state index contributed by atoms with van der Waals surface area (Å²) < 4.78 is 12.8. The van der Waals surface area contributed by atoms with Crippen molar-refractivity contribution in [2.75, 3.05) is 0 Å².